The maximum Gasteiger partial charge on any atom is 0.0347 e. The molecule has 1 saturated heterocycles. The van der Waals surface area contributed by atoms with Crippen molar-refractivity contribution in [3.8, 4) is 0 Å². The number of hydrogen-bond donors (Lipinski definition) is 1. The van der Waals surface area contributed by atoms with E-state index in [9.17, 15) is 0 Å². The van der Waals surface area contributed by atoms with Gasteiger partial charge in [0.2, 0.25) is 0 Å². The zero-order valence-electron chi connectivity index (χ0n) is 5.59. The average molecular weight is 121 g/mol. The van der Waals surface area contributed by atoms with E-state index in [1.807, 2.05) is 0 Å². The first-order valence-corrected chi connectivity index (χ1v) is 3.78. The summed E-state index contributed by atoms with van der Waals surface area (Å²) in [4.78, 5) is 0. The molecule has 1 saturated carbocycles. The van der Waals surface area contributed by atoms with Gasteiger partial charge in [0, 0.05) is 17.5 Å². The fourth-order valence-corrected chi connectivity index (χ4v) is 2.56. The zero-order chi connectivity index (χ0) is 6.06. The predicted octanol–water partition coefficient (Wildman–Crippen LogP) is 0.923. The number of piperidine rings is 1. The molecule has 3 aliphatic rings. The van der Waals surface area contributed by atoms with E-state index in [0.29, 0.717) is 5.41 Å². The third kappa shape index (κ3) is 0.304. The van der Waals surface area contributed by atoms with Crippen molar-refractivity contribution in [1.82, 2.24) is 5.32 Å². The Bertz CT molecular complexity index is 197. The van der Waals surface area contributed by atoms with Gasteiger partial charge in [0.1, 0.15) is 0 Å². The van der Waals surface area contributed by atoms with Gasteiger partial charge in [0.25, 0.3) is 0 Å². The maximum atomic E-state index is 3.56. The Morgan fingerprint density at radius 3 is 2.78 bits per heavy atom. The molecule has 0 bridgehead atoms. The van der Waals surface area contributed by atoms with Crippen molar-refractivity contribution >= 4 is 0 Å². The van der Waals surface area contributed by atoms with E-state index in [0.717, 1.165) is 18.0 Å². The molecule has 0 amide bonds. The second-order valence-corrected chi connectivity index (χ2v) is 3.72. The second kappa shape index (κ2) is 0.988. The van der Waals surface area contributed by atoms with Crippen LogP contribution in [0.5, 0.6) is 0 Å². The monoisotopic (exact) mass is 121 g/mol. The van der Waals surface area contributed by atoms with Gasteiger partial charge >= 0.3 is 0 Å². The van der Waals surface area contributed by atoms with Crippen molar-refractivity contribution in [2.24, 2.45) is 11.3 Å². The highest BCUT2D eigenvalue weighted by Crippen LogP contribution is 2.66. The third-order valence-electron chi connectivity index (χ3n) is 3.33. The lowest BCUT2D eigenvalue weighted by Gasteiger charge is -2.25. The summed E-state index contributed by atoms with van der Waals surface area (Å²) in [6, 6.07) is 1.54. The van der Waals surface area contributed by atoms with E-state index in [2.05, 4.69) is 24.4 Å². The summed E-state index contributed by atoms with van der Waals surface area (Å²) in [6.45, 7) is 2.30. The molecule has 0 aromatic carbocycles. The molecule has 2 fully saturated rings. The molecule has 1 heteroatoms. The van der Waals surface area contributed by atoms with Crippen molar-refractivity contribution in [1.29, 1.82) is 0 Å². The van der Waals surface area contributed by atoms with Gasteiger partial charge in [-0.15, -0.1) is 0 Å². The van der Waals surface area contributed by atoms with Crippen molar-refractivity contribution in [3.63, 3.8) is 0 Å². The number of nitrogens with one attached hydrogen (secondary N) is 1. The Labute approximate surface area is 55.1 Å². The van der Waals surface area contributed by atoms with Crippen LogP contribution in [0.3, 0.4) is 0 Å². The molecule has 9 heavy (non-hydrogen) atoms. The van der Waals surface area contributed by atoms with Crippen LogP contribution in [0.1, 0.15) is 13.3 Å². The van der Waals surface area contributed by atoms with Crippen LogP contribution >= 0.6 is 0 Å². The van der Waals surface area contributed by atoms with Gasteiger partial charge in [-0.2, -0.15) is 0 Å². The minimum atomic E-state index is 0.680. The van der Waals surface area contributed by atoms with Crippen LogP contribution in [0.2, 0.25) is 0 Å². The highest BCUT2D eigenvalue weighted by atomic mass is 15.1. The van der Waals surface area contributed by atoms with Crippen LogP contribution in [0, 0.1) is 11.3 Å². The Balaban J connectivity index is 2.05. The van der Waals surface area contributed by atoms with Gasteiger partial charge in [-0.1, -0.05) is 12.2 Å². The van der Waals surface area contributed by atoms with Crippen LogP contribution in [0.4, 0.5) is 0 Å². The molecule has 1 aliphatic heterocycles. The van der Waals surface area contributed by atoms with Crippen LogP contribution in [0.25, 0.3) is 0 Å². The summed E-state index contributed by atoms with van der Waals surface area (Å²) in [5.41, 5.74) is 0.680. The molecule has 1 N–H and O–H groups in total. The van der Waals surface area contributed by atoms with Crippen molar-refractivity contribution in [2.45, 2.75) is 25.4 Å². The highest BCUT2D eigenvalue weighted by Gasteiger charge is 2.66. The first kappa shape index (κ1) is 4.51. The summed E-state index contributed by atoms with van der Waals surface area (Å²) in [5, 5.41) is 3.56. The molecule has 1 spiro atoms. The molecule has 1 heterocycles. The molecule has 48 valence electrons. The topological polar surface area (TPSA) is 12.0 Å². The first-order valence-electron chi connectivity index (χ1n) is 3.78. The molecule has 4 atom stereocenters. The predicted molar refractivity (Wildman–Crippen MR) is 36.1 cm³/mol. The van der Waals surface area contributed by atoms with Crippen LogP contribution in [0.15, 0.2) is 12.2 Å². The van der Waals surface area contributed by atoms with Gasteiger partial charge in [-0.25, -0.2) is 0 Å². The summed E-state index contributed by atoms with van der Waals surface area (Å²) >= 11 is 0. The minimum absolute atomic E-state index is 0.680. The average Bonchev–Trinajstić information content (AvgIpc) is 2.50. The normalized spacial score (nSPS) is 66.6. The SMILES string of the molecule is CC1NC2C=CC23CC13. The highest BCUT2D eigenvalue weighted by molar-refractivity contribution is 5.38. The van der Waals surface area contributed by atoms with Crippen molar-refractivity contribution < 1.29 is 0 Å². The molecular weight excluding hydrogens is 110 g/mol. The fraction of sp³-hybridized carbons (Fsp3) is 0.750. The van der Waals surface area contributed by atoms with E-state index in [1.54, 1.807) is 0 Å². The molecule has 0 aromatic rings. The lowest BCUT2D eigenvalue weighted by atomic mass is 9.86. The van der Waals surface area contributed by atoms with Crippen LogP contribution in [-0.2, 0) is 0 Å². The maximum absolute atomic E-state index is 3.56. The summed E-state index contributed by atoms with van der Waals surface area (Å²) in [7, 11) is 0. The lowest BCUT2D eigenvalue weighted by molar-refractivity contribution is 0.470. The van der Waals surface area contributed by atoms with Gasteiger partial charge in [-0.05, 0) is 19.3 Å². The quantitative estimate of drug-likeness (QED) is 0.470. The standard InChI is InChI=1S/C8H11N/c1-5-6-4-8(6)3-2-7(8)9-5/h2-3,5-7,9H,4H2,1H3. The summed E-state index contributed by atoms with van der Waals surface area (Å²) < 4.78 is 0. The Morgan fingerprint density at radius 2 is 2.56 bits per heavy atom. The first-order chi connectivity index (χ1) is 4.33. The number of hydrogen-bond acceptors (Lipinski definition) is 1. The molecule has 0 aromatic heterocycles. The molecule has 1 nitrogen and oxygen atoms in total. The van der Waals surface area contributed by atoms with E-state index in [4.69, 9.17) is 0 Å². The zero-order valence-corrected chi connectivity index (χ0v) is 5.59. The smallest absolute Gasteiger partial charge is 0.0347 e. The summed E-state index contributed by atoms with van der Waals surface area (Å²) in [5.74, 6) is 0.993. The van der Waals surface area contributed by atoms with Gasteiger partial charge in [0.15, 0.2) is 0 Å². The largest absolute Gasteiger partial charge is 0.307 e. The number of rotatable bonds is 0. The summed E-state index contributed by atoms with van der Waals surface area (Å²) in [6.07, 6.45) is 6.17. The Kier molecular flexibility index (Phi) is 0.495. The van der Waals surface area contributed by atoms with Gasteiger partial charge in [-0.3, -0.25) is 0 Å². The molecule has 2 aliphatic carbocycles. The van der Waals surface area contributed by atoms with Gasteiger partial charge in [0.05, 0.1) is 0 Å². The molecule has 4 unspecified atom stereocenters. The third-order valence-corrected chi connectivity index (χ3v) is 3.33. The molecule has 3 rings (SSSR count). The molecular formula is C8H11N. The fourth-order valence-electron chi connectivity index (χ4n) is 2.56. The minimum Gasteiger partial charge on any atom is -0.307 e. The second-order valence-electron chi connectivity index (χ2n) is 3.72. The van der Waals surface area contributed by atoms with E-state index < -0.39 is 0 Å². The lowest BCUT2D eigenvalue weighted by Crippen LogP contribution is -2.37. The van der Waals surface area contributed by atoms with E-state index in [-0.39, 0.29) is 0 Å². The van der Waals surface area contributed by atoms with E-state index in [1.165, 1.54) is 6.42 Å². The van der Waals surface area contributed by atoms with Crippen molar-refractivity contribution in [2.75, 3.05) is 0 Å². The molecule has 0 radical (unpaired) electrons. The van der Waals surface area contributed by atoms with Crippen LogP contribution < -0.4 is 5.32 Å². The Morgan fingerprint density at radius 1 is 1.67 bits per heavy atom. The Hall–Kier alpha value is -0.300. The van der Waals surface area contributed by atoms with E-state index >= 15 is 0 Å². The van der Waals surface area contributed by atoms with Crippen molar-refractivity contribution in [3.05, 3.63) is 12.2 Å². The van der Waals surface area contributed by atoms with Crippen LogP contribution in [-0.4, -0.2) is 12.1 Å². The van der Waals surface area contributed by atoms with Gasteiger partial charge < -0.3 is 5.32 Å².